The van der Waals surface area contributed by atoms with Gasteiger partial charge in [0, 0.05) is 24.3 Å². The van der Waals surface area contributed by atoms with E-state index in [-0.39, 0.29) is 22.3 Å². The first kappa shape index (κ1) is 20.3. The van der Waals surface area contributed by atoms with Crippen molar-refractivity contribution in [2.75, 3.05) is 19.0 Å². The van der Waals surface area contributed by atoms with Gasteiger partial charge >= 0.3 is 0 Å². The van der Waals surface area contributed by atoms with E-state index in [0.29, 0.717) is 12.4 Å². The predicted octanol–water partition coefficient (Wildman–Crippen LogP) is 3.21. The zero-order chi connectivity index (χ0) is 20.3. The molecule has 3 rings (SSSR count). The van der Waals surface area contributed by atoms with Crippen molar-refractivity contribution in [3.8, 4) is 5.75 Å². The molecule has 0 radical (unpaired) electrons. The Morgan fingerprint density at radius 3 is 2.75 bits per heavy atom. The van der Waals surface area contributed by atoms with Crippen LogP contribution in [0.15, 0.2) is 41.4 Å². The number of nitrogens with zero attached hydrogens (tertiary/aromatic N) is 2. The van der Waals surface area contributed by atoms with Gasteiger partial charge in [0.05, 0.1) is 7.11 Å². The Morgan fingerprint density at radius 2 is 2.07 bits per heavy atom. The molecule has 1 aliphatic rings. The molecule has 1 unspecified atom stereocenters. The summed E-state index contributed by atoms with van der Waals surface area (Å²) in [5.74, 6) is 0.244. The lowest BCUT2D eigenvalue weighted by molar-refractivity contribution is 0.102. The number of nitrogens with one attached hydrogen (secondary N) is 1. The number of aryl methyl sites for hydroxylation is 1. The molecule has 2 aromatic rings. The average Bonchev–Trinajstić information content (AvgIpc) is 2.69. The third-order valence-electron chi connectivity index (χ3n) is 5.00. The summed E-state index contributed by atoms with van der Waals surface area (Å²) in [6.07, 6.45) is 4.24. The highest BCUT2D eigenvalue weighted by molar-refractivity contribution is 7.89. The lowest BCUT2D eigenvalue weighted by Gasteiger charge is -2.32. The van der Waals surface area contributed by atoms with E-state index in [1.165, 1.54) is 23.5 Å². The molecule has 1 aliphatic heterocycles. The summed E-state index contributed by atoms with van der Waals surface area (Å²) in [5, 5.41) is 2.73. The molecule has 0 saturated carbocycles. The van der Waals surface area contributed by atoms with E-state index >= 15 is 0 Å². The van der Waals surface area contributed by atoms with Crippen molar-refractivity contribution in [3.05, 3.63) is 47.7 Å². The van der Waals surface area contributed by atoms with Gasteiger partial charge in [-0.15, -0.1) is 0 Å². The Kier molecular flexibility index (Phi) is 6.00. The highest BCUT2D eigenvalue weighted by Gasteiger charge is 2.33. The summed E-state index contributed by atoms with van der Waals surface area (Å²) in [6.45, 7) is 4.21. The number of anilines is 1. The van der Waals surface area contributed by atoms with Crippen LogP contribution in [0.4, 0.5) is 5.82 Å². The molecule has 1 amide bonds. The van der Waals surface area contributed by atoms with Crippen LogP contribution in [0, 0.1) is 6.92 Å². The average molecular weight is 404 g/mol. The minimum absolute atomic E-state index is 0.00847. The van der Waals surface area contributed by atoms with E-state index in [1.54, 1.807) is 18.3 Å². The maximum Gasteiger partial charge on any atom is 0.256 e. The second kappa shape index (κ2) is 8.28. The number of sulfonamides is 1. The number of pyridine rings is 1. The van der Waals surface area contributed by atoms with Crippen molar-refractivity contribution >= 4 is 21.7 Å². The molecule has 2 heterocycles. The lowest BCUT2D eigenvalue weighted by atomic mass is 10.1. The topological polar surface area (TPSA) is 88.6 Å². The van der Waals surface area contributed by atoms with Crippen molar-refractivity contribution < 1.29 is 17.9 Å². The number of ether oxygens (including phenoxy) is 1. The maximum atomic E-state index is 13.3. The van der Waals surface area contributed by atoms with E-state index in [4.69, 9.17) is 4.74 Å². The number of piperidine rings is 1. The van der Waals surface area contributed by atoms with E-state index in [1.807, 2.05) is 19.9 Å². The van der Waals surface area contributed by atoms with Gasteiger partial charge in [-0.05, 0) is 56.5 Å². The van der Waals surface area contributed by atoms with Crippen molar-refractivity contribution in [1.29, 1.82) is 0 Å². The maximum absolute atomic E-state index is 13.3. The Bertz CT molecular complexity index is 975. The highest BCUT2D eigenvalue weighted by Crippen LogP contribution is 2.31. The Balaban J connectivity index is 1.96. The summed E-state index contributed by atoms with van der Waals surface area (Å²) in [4.78, 5) is 16.8. The number of rotatable bonds is 5. The van der Waals surface area contributed by atoms with Gasteiger partial charge in [0.15, 0.2) is 0 Å². The fourth-order valence-electron chi connectivity index (χ4n) is 3.37. The lowest BCUT2D eigenvalue weighted by Crippen LogP contribution is -2.42. The van der Waals surface area contributed by atoms with Gasteiger partial charge in [0.1, 0.15) is 16.5 Å². The molecule has 150 valence electrons. The van der Waals surface area contributed by atoms with Crippen molar-refractivity contribution in [2.45, 2.75) is 44.0 Å². The zero-order valence-corrected chi connectivity index (χ0v) is 17.1. The third-order valence-corrected chi connectivity index (χ3v) is 7.03. The van der Waals surface area contributed by atoms with Crippen LogP contribution in [0.2, 0.25) is 0 Å². The first-order valence-electron chi connectivity index (χ1n) is 9.27. The summed E-state index contributed by atoms with van der Waals surface area (Å²) < 4.78 is 33.3. The number of benzene rings is 1. The van der Waals surface area contributed by atoms with Crippen LogP contribution in [0.3, 0.4) is 0 Å². The summed E-state index contributed by atoms with van der Waals surface area (Å²) in [5.41, 5.74) is 1.05. The minimum atomic E-state index is -3.78. The molecule has 1 fully saturated rings. The minimum Gasteiger partial charge on any atom is -0.495 e. The van der Waals surface area contributed by atoms with E-state index in [9.17, 15) is 13.2 Å². The number of amides is 1. The number of aromatic nitrogens is 1. The highest BCUT2D eigenvalue weighted by atomic mass is 32.2. The van der Waals surface area contributed by atoms with Crippen molar-refractivity contribution in [1.82, 2.24) is 9.29 Å². The molecule has 7 nitrogen and oxygen atoms in total. The van der Waals surface area contributed by atoms with Gasteiger partial charge in [-0.25, -0.2) is 13.4 Å². The predicted molar refractivity (Wildman–Crippen MR) is 107 cm³/mol. The van der Waals surface area contributed by atoms with Crippen molar-refractivity contribution in [3.63, 3.8) is 0 Å². The smallest absolute Gasteiger partial charge is 0.256 e. The Hall–Kier alpha value is -2.45. The number of carbonyl (C=O) groups excluding carboxylic acids is 1. The summed E-state index contributed by atoms with van der Waals surface area (Å²) in [7, 11) is -2.36. The molecule has 0 aliphatic carbocycles. The molecule has 1 aromatic heterocycles. The van der Waals surface area contributed by atoms with Gasteiger partial charge in [0.25, 0.3) is 5.91 Å². The monoisotopic (exact) mass is 403 g/mol. The van der Waals surface area contributed by atoms with Crippen LogP contribution in [0.25, 0.3) is 0 Å². The largest absolute Gasteiger partial charge is 0.495 e. The third kappa shape index (κ3) is 4.02. The Labute approximate surface area is 165 Å². The number of carbonyl (C=O) groups is 1. The molecular formula is C20H25N3O4S. The molecule has 8 heteroatoms. The van der Waals surface area contributed by atoms with Gasteiger partial charge in [-0.2, -0.15) is 4.31 Å². The van der Waals surface area contributed by atoms with Crippen molar-refractivity contribution in [2.24, 2.45) is 0 Å². The molecule has 0 bridgehead atoms. The Morgan fingerprint density at radius 1 is 1.29 bits per heavy atom. The number of hydrogen-bond acceptors (Lipinski definition) is 5. The van der Waals surface area contributed by atoms with Crippen LogP contribution in [0.1, 0.15) is 42.1 Å². The second-order valence-electron chi connectivity index (χ2n) is 6.95. The van der Waals surface area contributed by atoms with Crippen LogP contribution < -0.4 is 10.1 Å². The molecule has 1 atom stereocenters. The molecule has 1 saturated heterocycles. The van der Waals surface area contributed by atoms with Gasteiger partial charge in [-0.1, -0.05) is 12.5 Å². The summed E-state index contributed by atoms with van der Waals surface area (Å²) >= 11 is 0. The fourth-order valence-corrected chi connectivity index (χ4v) is 5.25. The fraction of sp³-hybridized carbons (Fsp3) is 0.400. The molecule has 1 aromatic carbocycles. The number of hydrogen-bond donors (Lipinski definition) is 1. The SMILES string of the molecule is COc1ccc(C(=O)Nc2ncccc2C)cc1S(=O)(=O)N1CCCCC1C. The quantitative estimate of drug-likeness (QED) is 0.828. The number of methoxy groups -OCH3 is 1. The molecule has 28 heavy (non-hydrogen) atoms. The normalized spacial score (nSPS) is 17.9. The molecule has 1 N–H and O–H groups in total. The zero-order valence-electron chi connectivity index (χ0n) is 16.3. The summed E-state index contributed by atoms with van der Waals surface area (Å²) in [6, 6.07) is 7.97. The molecular weight excluding hydrogens is 378 g/mol. The van der Waals surface area contributed by atoms with Crippen LogP contribution in [0.5, 0.6) is 5.75 Å². The second-order valence-corrected chi connectivity index (χ2v) is 8.81. The van der Waals surface area contributed by atoms with Crippen LogP contribution in [-0.4, -0.2) is 43.3 Å². The first-order valence-corrected chi connectivity index (χ1v) is 10.7. The molecule has 0 spiro atoms. The van der Waals surface area contributed by atoms with E-state index < -0.39 is 15.9 Å². The van der Waals surface area contributed by atoms with Gasteiger partial charge in [0.2, 0.25) is 10.0 Å². The van der Waals surface area contributed by atoms with E-state index in [2.05, 4.69) is 10.3 Å². The van der Waals surface area contributed by atoms with Crippen LogP contribution in [-0.2, 0) is 10.0 Å². The van der Waals surface area contributed by atoms with E-state index in [0.717, 1.165) is 24.8 Å². The van der Waals surface area contributed by atoms with Crippen LogP contribution >= 0.6 is 0 Å². The van der Waals surface area contributed by atoms with Gasteiger partial charge < -0.3 is 10.1 Å². The standard InChI is InChI=1S/C20H25N3O4S/c1-14-7-6-11-21-19(14)22-20(24)16-9-10-17(27-3)18(13-16)28(25,26)23-12-5-4-8-15(23)2/h6-7,9-11,13,15H,4-5,8,12H2,1-3H3,(H,21,22,24). The first-order chi connectivity index (χ1) is 13.3. The van der Waals surface area contributed by atoms with Gasteiger partial charge in [-0.3, -0.25) is 4.79 Å².